The highest BCUT2D eigenvalue weighted by atomic mass is 16.2. The van der Waals surface area contributed by atoms with Crippen molar-refractivity contribution in [1.82, 2.24) is 30.1 Å². The molecule has 4 heterocycles. The van der Waals surface area contributed by atoms with Crippen molar-refractivity contribution < 1.29 is 4.79 Å². The Morgan fingerprint density at radius 1 is 1.00 bits per heavy atom. The molecular weight excluding hydrogens is 328 g/mol. The minimum Gasteiger partial charge on any atom is -0.331 e. The average Bonchev–Trinajstić information content (AvgIpc) is 3.42. The molecule has 3 aromatic rings. The molecule has 7 heteroatoms. The first-order valence-corrected chi connectivity index (χ1v) is 9.09. The van der Waals surface area contributed by atoms with Gasteiger partial charge in [-0.2, -0.15) is 20.1 Å². The molecular formula is C19H20N6O. The molecule has 26 heavy (non-hydrogen) atoms. The van der Waals surface area contributed by atoms with Gasteiger partial charge in [0, 0.05) is 17.6 Å². The third-order valence-corrected chi connectivity index (χ3v) is 5.58. The van der Waals surface area contributed by atoms with E-state index in [1.165, 1.54) is 0 Å². The second-order valence-electron chi connectivity index (χ2n) is 7.10. The number of amides is 1. The summed E-state index contributed by atoms with van der Waals surface area (Å²) in [6.45, 7) is 0. The molecule has 0 spiro atoms. The second-order valence-corrected chi connectivity index (χ2v) is 7.10. The Morgan fingerprint density at radius 3 is 2.38 bits per heavy atom. The number of nitrogens with zero attached hydrogens (tertiary/aromatic N) is 5. The van der Waals surface area contributed by atoms with Crippen molar-refractivity contribution in [1.29, 1.82) is 0 Å². The maximum Gasteiger partial charge on any atom is 0.272 e. The molecule has 0 radical (unpaired) electrons. The smallest absolute Gasteiger partial charge is 0.272 e. The highest BCUT2D eigenvalue weighted by molar-refractivity contribution is 5.94. The number of aromatic nitrogens is 5. The highest BCUT2D eigenvalue weighted by Gasteiger charge is 2.44. The Bertz CT molecular complexity index is 889. The van der Waals surface area contributed by atoms with E-state index in [4.69, 9.17) is 0 Å². The highest BCUT2D eigenvalue weighted by Crippen LogP contribution is 2.41. The van der Waals surface area contributed by atoms with Crippen molar-refractivity contribution in [3.05, 3.63) is 54.5 Å². The molecule has 2 bridgehead atoms. The quantitative estimate of drug-likeness (QED) is 0.789. The van der Waals surface area contributed by atoms with Crippen LogP contribution < -0.4 is 0 Å². The number of hydrogen-bond acceptors (Lipinski definition) is 4. The van der Waals surface area contributed by atoms with Gasteiger partial charge in [-0.15, -0.1) is 0 Å². The number of piperidine rings is 1. The SMILES string of the molecule is O=C(c1cc(-c2ccccc2)n[nH]1)N1C2CCC1CC(n1nccn1)C2. The number of carbonyl (C=O) groups is 1. The lowest BCUT2D eigenvalue weighted by molar-refractivity contribution is 0.0506. The number of hydrogen-bond donors (Lipinski definition) is 1. The van der Waals surface area contributed by atoms with Crippen LogP contribution in [0.25, 0.3) is 11.3 Å². The largest absolute Gasteiger partial charge is 0.331 e. The zero-order valence-corrected chi connectivity index (χ0v) is 14.3. The molecule has 1 aromatic carbocycles. The Kier molecular flexibility index (Phi) is 3.58. The molecule has 2 aliphatic heterocycles. The monoisotopic (exact) mass is 348 g/mol. The standard InChI is InChI=1S/C19H20N6O/c26-19(18-12-17(22-23-18)13-4-2-1-3-5-13)24-14-6-7-15(24)11-16(10-14)25-20-8-9-21-25/h1-5,8-9,12,14-16H,6-7,10-11H2,(H,22,23). The Morgan fingerprint density at radius 2 is 1.69 bits per heavy atom. The van der Waals surface area contributed by atoms with E-state index >= 15 is 0 Å². The number of nitrogens with one attached hydrogen (secondary N) is 1. The summed E-state index contributed by atoms with van der Waals surface area (Å²) in [5.41, 5.74) is 2.38. The van der Waals surface area contributed by atoms with Crippen molar-refractivity contribution in [3.8, 4) is 11.3 Å². The van der Waals surface area contributed by atoms with Crippen LogP contribution in [-0.2, 0) is 0 Å². The van der Waals surface area contributed by atoms with Gasteiger partial charge in [0.15, 0.2) is 0 Å². The van der Waals surface area contributed by atoms with Gasteiger partial charge in [0.1, 0.15) is 5.69 Å². The number of fused-ring (bicyclic) bond motifs is 2. The van der Waals surface area contributed by atoms with Gasteiger partial charge in [-0.05, 0) is 31.7 Å². The van der Waals surface area contributed by atoms with E-state index in [0.29, 0.717) is 5.69 Å². The molecule has 2 unspecified atom stereocenters. The first-order valence-electron chi connectivity index (χ1n) is 9.09. The zero-order chi connectivity index (χ0) is 17.5. The number of rotatable bonds is 3. The predicted octanol–water partition coefficient (Wildman–Crippen LogP) is 2.68. The topological polar surface area (TPSA) is 79.7 Å². The molecule has 0 saturated carbocycles. The molecule has 0 aliphatic carbocycles. The lowest BCUT2D eigenvalue weighted by Crippen LogP contribution is -2.47. The van der Waals surface area contributed by atoms with Crippen LogP contribution in [0.4, 0.5) is 0 Å². The van der Waals surface area contributed by atoms with Gasteiger partial charge < -0.3 is 4.90 Å². The van der Waals surface area contributed by atoms with E-state index in [9.17, 15) is 4.79 Å². The molecule has 1 amide bonds. The van der Waals surface area contributed by atoms with Gasteiger partial charge in [0.05, 0.1) is 24.1 Å². The summed E-state index contributed by atoms with van der Waals surface area (Å²) in [6, 6.07) is 12.6. The van der Waals surface area contributed by atoms with E-state index in [0.717, 1.165) is 36.9 Å². The first-order chi connectivity index (χ1) is 12.8. The summed E-state index contributed by atoms with van der Waals surface area (Å²) in [5.74, 6) is 0.0547. The molecule has 1 N–H and O–H groups in total. The average molecular weight is 348 g/mol. The summed E-state index contributed by atoms with van der Waals surface area (Å²) in [5, 5.41) is 15.8. The summed E-state index contributed by atoms with van der Waals surface area (Å²) in [4.78, 5) is 17.0. The molecule has 5 rings (SSSR count). The van der Waals surface area contributed by atoms with Crippen LogP contribution in [0, 0.1) is 0 Å². The van der Waals surface area contributed by atoms with Crippen LogP contribution in [0.1, 0.15) is 42.2 Å². The Hall–Kier alpha value is -2.96. The molecule has 2 atom stereocenters. The lowest BCUT2D eigenvalue weighted by atomic mass is 9.97. The summed E-state index contributed by atoms with van der Waals surface area (Å²) >= 11 is 0. The molecule has 2 saturated heterocycles. The van der Waals surface area contributed by atoms with Crippen LogP contribution in [0.15, 0.2) is 48.8 Å². The molecule has 2 aliphatic rings. The van der Waals surface area contributed by atoms with Crippen LogP contribution in [0.5, 0.6) is 0 Å². The lowest BCUT2D eigenvalue weighted by Gasteiger charge is -2.38. The van der Waals surface area contributed by atoms with Gasteiger partial charge in [0.25, 0.3) is 5.91 Å². The van der Waals surface area contributed by atoms with Gasteiger partial charge in [0.2, 0.25) is 0 Å². The van der Waals surface area contributed by atoms with E-state index in [1.807, 2.05) is 36.4 Å². The summed E-state index contributed by atoms with van der Waals surface area (Å²) in [6.07, 6.45) is 7.36. The number of benzene rings is 1. The van der Waals surface area contributed by atoms with Gasteiger partial charge in [-0.25, -0.2) is 0 Å². The Labute approximate surface area is 151 Å². The van der Waals surface area contributed by atoms with E-state index in [1.54, 1.807) is 17.2 Å². The van der Waals surface area contributed by atoms with Gasteiger partial charge in [-0.3, -0.25) is 9.89 Å². The maximum absolute atomic E-state index is 13.1. The normalized spacial score (nSPS) is 24.8. The number of H-pyrrole nitrogens is 1. The van der Waals surface area contributed by atoms with Crippen LogP contribution in [0.3, 0.4) is 0 Å². The fourth-order valence-electron chi connectivity index (χ4n) is 4.41. The number of carbonyl (C=O) groups excluding carboxylic acids is 1. The van der Waals surface area contributed by atoms with Crippen LogP contribution in [0.2, 0.25) is 0 Å². The molecule has 132 valence electrons. The third kappa shape index (κ3) is 2.51. The second kappa shape index (κ2) is 6.09. The van der Waals surface area contributed by atoms with Crippen molar-refractivity contribution in [3.63, 3.8) is 0 Å². The molecule has 2 aromatic heterocycles. The summed E-state index contributed by atoms with van der Waals surface area (Å²) in [7, 11) is 0. The van der Waals surface area contributed by atoms with Crippen molar-refractivity contribution in [2.24, 2.45) is 0 Å². The zero-order valence-electron chi connectivity index (χ0n) is 14.3. The molecule has 2 fully saturated rings. The number of aromatic amines is 1. The summed E-state index contributed by atoms with van der Waals surface area (Å²) < 4.78 is 0. The van der Waals surface area contributed by atoms with Crippen molar-refractivity contribution in [2.75, 3.05) is 0 Å². The van der Waals surface area contributed by atoms with Crippen molar-refractivity contribution >= 4 is 5.91 Å². The predicted molar refractivity (Wildman–Crippen MR) is 95.3 cm³/mol. The minimum atomic E-state index is 0.0547. The maximum atomic E-state index is 13.1. The Balaban J connectivity index is 1.36. The fraction of sp³-hybridized carbons (Fsp3) is 0.368. The van der Waals surface area contributed by atoms with E-state index in [2.05, 4.69) is 25.3 Å². The van der Waals surface area contributed by atoms with Gasteiger partial charge >= 0.3 is 0 Å². The van der Waals surface area contributed by atoms with Gasteiger partial charge in [-0.1, -0.05) is 30.3 Å². The first kappa shape index (κ1) is 15.3. The minimum absolute atomic E-state index is 0.0547. The van der Waals surface area contributed by atoms with E-state index in [-0.39, 0.29) is 24.0 Å². The van der Waals surface area contributed by atoms with Crippen LogP contribution in [-0.4, -0.2) is 48.1 Å². The van der Waals surface area contributed by atoms with Crippen molar-refractivity contribution in [2.45, 2.75) is 43.8 Å². The van der Waals surface area contributed by atoms with E-state index < -0.39 is 0 Å². The third-order valence-electron chi connectivity index (χ3n) is 5.58. The molecule has 7 nitrogen and oxygen atoms in total. The fourth-order valence-corrected chi connectivity index (χ4v) is 4.41. The van der Waals surface area contributed by atoms with Crippen LogP contribution >= 0.6 is 0 Å².